The van der Waals surface area contributed by atoms with Gasteiger partial charge < -0.3 is 10.4 Å². The van der Waals surface area contributed by atoms with E-state index >= 15 is 0 Å². The van der Waals surface area contributed by atoms with E-state index in [1.807, 2.05) is 0 Å². The molecule has 17 heavy (non-hydrogen) atoms. The smallest absolute Gasteiger partial charge is 0.0667 e. The molecule has 0 heterocycles. The van der Waals surface area contributed by atoms with Gasteiger partial charge in [0.2, 0.25) is 0 Å². The molecule has 2 nitrogen and oxygen atoms in total. The van der Waals surface area contributed by atoms with Crippen molar-refractivity contribution in [2.45, 2.75) is 82.8 Å². The van der Waals surface area contributed by atoms with Crippen molar-refractivity contribution in [3.63, 3.8) is 0 Å². The summed E-state index contributed by atoms with van der Waals surface area (Å²) in [5, 5.41) is 13.7. The van der Waals surface area contributed by atoms with Gasteiger partial charge in [0.1, 0.15) is 0 Å². The highest BCUT2D eigenvalue weighted by molar-refractivity contribution is 4.87. The van der Waals surface area contributed by atoms with E-state index in [0.29, 0.717) is 5.54 Å². The summed E-state index contributed by atoms with van der Waals surface area (Å²) in [6, 6.07) is 0. The Labute approximate surface area is 106 Å². The van der Waals surface area contributed by atoms with E-state index in [4.69, 9.17) is 0 Å². The van der Waals surface area contributed by atoms with Crippen molar-refractivity contribution in [3.8, 4) is 0 Å². The molecule has 2 aliphatic rings. The summed E-state index contributed by atoms with van der Waals surface area (Å²) in [5.41, 5.74) is 0.301. The number of aliphatic hydroxyl groups excluding tert-OH is 1. The van der Waals surface area contributed by atoms with E-state index in [0.717, 1.165) is 18.9 Å². The molecule has 0 saturated heterocycles. The van der Waals surface area contributed by atoms with Gasteiger partial charge in [-0.25, -0.2) is 0 Å². The molecule has 2 fully saturated rings. The third-order valence-electron chi connectivity index (χ3n) is 4.80. The van der Waals surface area contributed by atoms with Gasteiger partial charge >= 0.3 is 0 Å². The Bertz CT molecular complexity index is 217. The molecule has 2 saturated carbocycles. The quantitative estimate of drug-likeness (QED) is 0.772. The van der Waals surface area contributed by atoms with Gasteiger partial charge in [0.25, 0.3) is 0 Å². The van der Waals surface area contributed by atoms with Gasteiger partial charge in [-0.1, -0.05) is 44.9 Å². The van der Waals surface area contributed by atoms with Crippen molar-refractivity contribution in [1.82, 2.24) is 5.32 Å². The van der Waals surface area contributed by atoms with Crippen LogP contribution in [-0.2, 0) is 0 Å². The maximum Gasteiger partial charge on any atom is 0.0667 e. The van der Waals surface area contributed by atoms with Crippen LogP contribution in [0.25, 0.3) is 0 Å². The fourth-order valence-corrected chi connectivity index (χ4v) is 3.59. The van der Waals surface area contributed by atoms with Gasteiger partial charge in [-0.05, 0) is 32.1 Å². The SMILES string of the molecule is CC1(NCC(O)CC2CCCC2)CCCCC1. The molecular weight excluding hydrogens is 210 g/mol. The summed E-state index contributed by atoms with van der Waals surface area (Å²) in [6.07, 6.45) is 13.0. The molecule has 0 spiro atoms. The van der Waals surface area contributed by atoms with Crippen molar-refractivity contribution in [2.24, 2.45) is 5.92 Å². The lowest BCUT2D eigenvalue weighted by Crippen LogP contribution is -2.47. The minimum atomic E-state index is -0.128. The highest BCUT2D eigenvalue weighted by atomic mass is 16.3. The summed E-state index contributed by atoms with van der Waals surface area (Å²) in [7, 11) is 0. The molecule has 0 radical (unpaired) electrons. The first-order chi connectivity index (χ1) is 8.18. The number of hydrogen-bond donors (Lipinski definition) is 2. The van der Waals surface area contributed by atoms with Crippen LogP contribution in [0.5, 0.6) is 0 Å². The summed E-state index contributed by atoms with van der Waals surface area (Å²) in [5.74, 6) is 0.797. The molecule has 100 valence electrons. The van der Waals surface area contributed by atoms with Crippen LogP contribution in [0.2, 0.25) is 0 Å². The van der Waals surface area contributed by atoms with Crippen molar-refractivity contribution < 1.29 is 5.11 Å². The number of β-amino-alcohol motifs (C(OH)–C–C–N with tert-alkyl or cyclic N) is 1. The molecule has 0 aromatic rings. The highest BCUT2D eigenvalue weighted by Crippen LogP contribution is 2.30. The average Bonchev–Trinajstić information content (AvgIpc) is 2.80. The van der Waals surface area contributed by atoms with Crippen LogP contribution in [-0.4, -0.2) is 23.3 Å². The molecule has 0 aromatic heterocycles. The van der Waals surface area contributed by atoms with Gasteiger partial charge in [0.15, 0.2) is 0 Å². The molecule has 2 N–H and O–H groups in total. The van der Waals surface area contributed by atoms with E-state index in [1.165, 1.54) is 57.8 Å². The first kappa shape index (κ1) is 13.4. The maximum atomic E-state index is 10.1. The largest absolute Gasteiger partial charge is 0.392 e. The maximum absolute atomic E-state index is 10.1. The van der Waals surface area contributed by atoms with E-state index in [2.05, 4.69) is 12.2 Å². The van der Waals surface area contributed by atoms with Crippen LogP contribution in [0.3, 0.4) is 0 Å². The molecule has 1 unspecified atom stereocenters. The first-order valence-corrected chi connectivity index (χ1v) is 7.61. The first-order valence-electron chi connectivity index (χ1n) is 7.61. The second-order valence-electron chi connectivity index (χ2n) is 6.54. The van der Waals surface area contributed by atoms with Crippen molar-refractivity contribution in [2.75, 3.05) is 6.54 Å². The van der Waals surface area contributed by atoms with Crippen LogP contribution in [0.15, 0.2) is 0 Å². The predicted molar refractivity (Wildman–Crippen MR) is 72.1 cm³/mol. The topological polar surface area (TPSA) is 32.3 Å². The fourth-order valence-electron chi connectivity index (χ4n) is 3.59. The Hall–Kier alpha value is -0.0800. The van der Waals surface area contributed by atoms with E-state index in [-0.39, 0.29) is 6.10 Å². The van der Waals surface area contributed by atoms with Gasteiger partial charge in [-0.3, -0.25) is 0 Å². The number of nitrogens with one attached hydrogen (secondary N) is 1. The minimum Gasteiger partial charge on any atom is -0.392 e. The second kappa shape index (κ2) is 6.19. The number of rotatable bonds is 5. The molecular formula is C15H29NO. The fraction of sp³-hybridized carbons (Fsp3) is 1.00. The third-order valence-corrected chi connectivity index (χ3v) is 4.80. The van der Waals surface area contributed by atoms with Crippen LogP contribution in [0.1, 0.15) is 71.1 Å². The van der Waals surface area contributed by atoms with Crippen LogP contribution < -0.4 is 5.32 Å². The lowest BCUT2D eigenvalue weighted by molar-refractivity contribution is 0.121. The van der Waals surface area contributed by atoms with Gasteiger partial charge in [-0.2, -0.15) is 0 Å². The molecule has 0 amide bonds. The Morgan fingerprint density at radius 1 is 1.12 bits per heavy atom. The van der Waals surface area contributed by atoms with Crippen molar-refractivity contribution >= 4 is 0 Å². The Morgan fingerprint density at radius 3 is 2.41 bits per heavy atom. The molecule has 1 atom stereocenters. The van der Waals surface area contributed by atoms with Gasteiger partial charge in [0.05, 0.1) is 6.10 Å². The minimum absolute atomic E-state index is 0.128. The lowest BCUT2D eigenvalue weighted by Gasteiger charge is -2.35. The van der Waals surface area contributed by atoms with Crippen LogP contribution in [0.4, 0.5) is 0 Å². The molecule has 0 aromatic carbocycles. The summed E-state index contributed by atoms with van der Waals surface area (Å²) >= 11 is 0. The summed E-state index contributed by atoms with van der Waals surface area (Å²) in [6.45, 7) is 3.13. The lowest BCUT2D eigenvalue weighted by atomic mass is 9.83. The predicted octanol–water partition coefficient (Wildman–Crippen LogP) is 3.24. The molecule has 0 aliphatic heterocycles. The zero-order valence-electron chi connectivity index (χ0n) is 11.4. The standard InChI is InChI=1S/C15H29NO/c1-15(9-5-2-6-10-15)16-12-14(17)11-13-7-3-4-8-13/h13-14,16-17H,2-12H2,1H3. The Balaban J connectivity index is 1.65. The second-order valence-corrected chi connectivity index (χ2v) is 6.54. The molecule has 2 rings (SSSR count). The van der Waals surface area contributed by atoms with Crippen LogP contribution >= 0.6 is 0 Å². The molecule has 2 heteroatoms. The number of aliphatic hydroxyl groups is 1. The highest BCUT2D eigenvalue weighted by Gasteiger charge is 2.27. The Kier molecular flexibility index (Phi) is 4.87. The summed E-state index contributed by atoms with van der Waals surface area (Å²) < 4.78 is 0. The van der Waals surface area contributed by atoms with E-state index in [1.54, 1.807) is 0 Å². The van der Waals surface area contributed by atoms with Crippen molar-refractivity contribution in [3.05, 3.63) is 0 Å². The third kappa shape index (κ3) is 4.26. The molecule has 0 bridgehead atoms. The zero-order chi connectivity index (χ0) is 12.1. The van der Waals surface area contributed by atoms with E-state index < -0.39 is 0 Å². The molecule has 2 aliphatic carbocycles. The average molecular weight is 239 g/mol. The summed E-state index contributed by atoms with van der Waals surface area (Å²) in [4.78, 5) is 0. The van der Waals surface area contributed by atoms with Crippen molar-refractivity contribution in [1.29, 1.82) is 0 Å². The Morgan fingerprint density at radius 2 is 1.76 bits per heavy atom. The van der Waals surface area contributed by atoms with E-state index in [9.17, 15) is 5.11 Å². The normalized spacial score (nSPS) is 27.2. The zero-order valence-corrected chi connectivity index (χ0v) is 11.4. The van der Waals surface area contributed by atoms with Gasteiger partial charge in [-0.15, -0.1) is 0 Å². The monoisotopic (exact) mass is 239 g/mol. The van der Waals surface area contributed by atoms with Gasteiger partial charge in [0, 0.05) is 12.1 Å². The van der Waals surface area contributed by atoms with Crippen LogP contribution in [0, 0.1) is 5.92 Å². The number of hydrogen-bond acceptors (Lipinski definition) is 2.